The van der Waals surface area contributed by atoms with Crippen LogP contribution in [0.3, 0.4) is 0 Å². The molecule has 0 atom stereocenters. The molecule has 11 rings (SSSR count). The Labute approximate surface area is 313 Å². The Bertz CT molecular complexity index is 3130. The summed E-state index contributed by atoms with van der Waals surface area (Å²) in [7, 11) is 0. The Morgan fingerprint density at radius 3 is 1.94 bits per heavy atom. The first-order valence-electron chi connectivity index (χ1n) is 18.6. The Balaban J connectivity index is 1.12. The molecular formula is C51H34N2O. The fraction of sp³-hybridized carbons (Fsp3) is 0.0588. The summed E-state index contributed by atoms with van der Waals surface area (Å²) in [5.41, 5.74) is 14.0. The predicted octanol–water partition coefficient (Wildman–Crippen LogP) is 13.7. The standard InChI is InChI=1S/C51H34N2O/c1-51(2)43-22-12-21-40(48(43)42-27-33-16-6-7-17-34(33)29-44(42)51)46-30-45(52-50(53-46)32-14-4-3-5-15-32)38-20-11-10-18-36(38)35-24-26-47-41(28-35)39-25-23-31-13-8-9-19-37(31)49(39)54-47/h3-30H,1-2H3. The van der Waals surface area contributed by atoms with Gasteiger partial charge < -0.3 is 4.42 Å². The molecule has 3 heteroatoms. The number of hydrogen-bond donors (Lipinski definition) is 0. The highest BCUT2D eigenvalue weighted by atomic mass is 16.3. The smallest absolute Gasteiger partial charge is 0.160 e. The predicted molar refractivity (Wildman–Crippen MR) is 224 cm³/mol. The van der Waals surface area contributed by atoms with E-state index in [2.05, 4.69) is 178 Å². The van der Waals surface area contributed by atoms with Gasteiger partial charge in [-0.15, -0.1) is 0 Å². The van der Waals surface area contributed by atoms with Crippen LogP contribution in [0.15, 0.2) is 174 Å². The lowest BCUT2D eigenvalue weighted by molar-refractivity contribution is 0.661. The molecule has 0 amide bonds. The van der Waals surface area contributed by atoms with Crippen LogP contribution in [-0.2, 0) is 5.41 Å². The molecule has 0 fully saturated rings. The van der Waals surface area contributed by atoms with Crippen molar-refractivity contribution in [2.75, 3.05) is 0 Å². The number of fused-ring (bicyclic) bond motifs is 9. The average molecular weight is 691 g/mol. The van der Waals surface area contributed by atoms with E-state index in [0.717, 1.165) is 66.5 Å². The molecule has 2 aromatic heterocycles. The van der Waals surface area contributed by atoms with Gasteiger partial charge in [0.25, 0.3) is 0 Å². The molecule has 0 unspecified atom stereocenters. The van der Waals surface area contributed by atoms with Crippen molar-refractivity contribution < 1.29 is 4.42 Å². The normalized spacial score (nSPS) is 13.1. The monoisotopic (exact) mass is 690 g/mol. The lowest BCUT2D eigenvalue weighted by atomic mass is 9.81. The van der Waals surface area contributed by atoms with Crippen LogP contribution in [0, 0.1) is 0 Å². The van der Waals surface area contributed by atoms with Crippen LogP contribution >= 0.6 is 0 Å². The van der Waals surface area contributed by atoms with Crippen molar-refractivity contribution in [2.24, 2.45) is 0 Å². The van der Waals surface area contributed by atoms with E-state index in [1.165, 1.54) is 38.4 Å². The number of hydrogen-bond acceptors (Lipinski definition) is 3. The van der Waals surface area contributed by atoms with Gasteiger partial charge in [-0.1, -0.05) is 147 Å². The summed E-state index contributed by atoms with van der Waals surface area (Å²) in [6, 6.07) is 60.5. The molecule has 0 aliphatic heterocycles. The summed E-state index contributed by atoms with van der Waals surface area (Å²) in [5, 5.41) is 7.03. The topological polar surface area (TPSA) is 38.9 Å². The third kappa shape index (κ3) is 4.61. The van der Waals surface area contributed by atoms with E-state index in [1.807, 2.05) is 6.07 Å². The highest BCUT2D eigenvalue weighted by Crippen LogP contribution is 2.53. The van der Waals surface area contributed by atoms with Crippen LogP contribution in [0.25, 0.3) is 99.6 Å². The van der Waals surface area contributed by atoms with E-state index in [0.29, 0.717) is 5.82 Å². The zero-order valence-corrected chi connectivity index (χ0v) is 30.0. The molecule has 8 aromatic carbocycles. The molecule has 0 bridgehead atoms. The molecule has 0 saturated heterocycles. The van der Waals surface area contributed by atoms with Gasteiger partial charge in [-0.3, -0.25) is 0 Å². The first-order valence-corrected chi connectivity index (χ1v) is 18.6. The summed E-state index contributed by atoms with van der Waals surface area (Å²) < 4.78 is 6.48. The second kappa shape index (κ2) is 11.6. The highest BCUT2D eigenvalue weighted by Gasteiger charge is 2.37. The van der Waals surface area contributed by atoms with Gasteiger partial charge in [-0.05, 0) is 85.9 Å². The molecule has 0 spiro atoms. The van der Waals surface area contributed by atoms with Crippen molar-refractivity contribution in [2.45, 2.75) is 19.3 Å². The van der Waals surface area contributed by atoms with Gasteiger partial charge in [-0.25, -0.2) is 9.97 Å². The van der Waals surface area contributed by atoms with E-state index >= 15 is 0 Å². The van der Waals surface area contributed by atoms with Crippen molar-refractivity contribution in [3.63, 3.8) is 0 Å². The maximum atomic E-state index is 6.48. The average Bonchev–Trinajstić information content (AvgIpc) is 3.71. The number of rotatable bonds is 4. The lowest BCUT2D eigenvalue weighted by Crippen LogP contribution is -2.14. The quantitative estimate of drug-likeness (QED) is 0.184. The van der Waals surface area contributed by atoms with Gasteiger partial charge >= 0.3 is 0 Å². The third-order valence-electron chi connectivity index (χ3n) is 11.5. The van der Waals surface area contributed by atoms with Crippen LogP contribution < -0.4 is 0 Å². The van der Waals surface area contributed by atoms with E-state index < -0.39 is 0 Å². The molecule has 0 radical (unpaired) electrons. The zero-order chi connectivity index (χ0) is 36.0. The van der Waals surface area contributed by atoms with Crippen molar-refractivity contribution in [3.05, 3.63) is 181 Å². The Morgan fingerprint density at radius 1 is 0.426 bits per heavy atom. The number of furan rings is 1. The number of nitrogens with zero attached hydrogens (tertiary/aromatic N) is 2. The van der Waals surface area contributed by atoms with Gasteiger partial charge in [0.05, 0.1) is 11.4 Å². The fourth-order valence-corrected chi connectivity index (χ4v) is 8.76. The molecule has 54 heavy (non-hydrogen) atoms. The summed E-state index contributed by atoms with van der Waals surface area (Å²) in [4.78, 5) is 10.6. The lowest BCUT2D eigenvalue weighted by Gasteiger charge is -2.22. The second-order valence-corrected chi connectivity index (χ2v) is 14.9. The Kier molecular flexibility index (Phi) is 6.60. The molecule has 1 aliphatic rings. The number of benzene rings is 8. The van der Waals surface area contributed by atoms with Crippen LogP contribution in [0.5, 0.6) is 0 Å². The van der Waals surface area contributed by atoms with Gasteiger partial charge in [0.15, 0.2) is 5.82 Å². The summed E-state index contributed by atoms with van der Waals surface area (Å²) >= 11 is 0. The van der Waals surface area contributed by atoms with E-state index in [4.69, 9.17) is 14.4 Å². The minimum Gasteiger partial charge on any atom is -0.455 e. The van der Waals surface area contributed by atoms with E-state index in [1.54, 1.807) is 0 Å². The zero-order valence-electron chi connectivity index (χ0n) is 30.0. The van der Waals surface area contributed by atoms with Crippen LogP contribution in [0.4, 0.5) is 0 Å². The van der Waals surface area contributed by atoms with Gasteiger partial charge in [-0.2, -0.15) is 0 Å². The van der Waals surface area contributed by atoms with Gasteiger partial charge in [0, 0.05) is 38.3 Å². The van der Waals surface area contributed by atoms with Crippen molar-refractivity contribution in [3.8, 4) is 56.2 Å². The molecule has 2 heterocycles. The Morgan fingerprint density at radius 2 is 1.11 bits per heavy atom. The SMILES string of the molecule is CC1(C)c2cc3ccccc3cc2-c2c(-c3cc(-c4ccccc4-c4ccc5oc6c7ccccc7ccc6c5c4)nc(-c4ccccc4)n3)cccc21. The minimum absolute atomic E-state index is 0.155. The Hall–Kier alpha value is -6.84. The van der Waals surface area contributed by atoms with Crippen molar-refractivity contribution in [1.82, 2.24) is 9.97 Å². The fourth-order valence-electron chi connectivity index (χ4n) is 8.76. The number of aromatic nitrogens is 2. The third-order valence-corrected chi connectivity index (χ3v) is 11.5. The van der Waals surface area contributed by atoms with Crippen LogP contribution in [-0.4, -0.2) is 9.97 Å². The summed E-state index contributed by atoms with van der Waals surface area (Å²) in [6.45, 7) is 4.69. The largest absolute Gasteiger partial charge is 0.455 e. The molecular weight excluding hydrogens is 657 g/mol. The maximum Gasteiger partial charge on any atom is 0.160 e. The minimum atomic E-state index is -0.155. The first kappa shape index (κ1) is 30.8. The van der Waals surface area contributed by atoms with E-state index in [9.17, 15) is 0 Å². The van der Waals surface area contributed by atoms with Crippen LogP contribution in [0.2, 0.25) is 0 Å². The molecule has 10 aromatic rings. The molecule has 0 N–H and O–H groups in total. The van der Waals surface area contributed by atoms with Gasteiger partial charge in [0.2, 0.25) is 0 Å². The highest BCUT2D eigenvalue weighted by molar-refractivity contribution is 6.15. The summed E-state index contributed by atoms with van der Waals surface area (Å²) in [6.07, 6.45) is 0. The molecule has 254 valence electrons. The van der Waals surface area contributed by atoms with Crippen molar-refractivity contribution in [1.29, 1.82) is 0 Å². The summed E-state index contributed by atoms with van der Waals surface area (Å²) in [5.74, 6) is 0.703. The first-order chi connectivity index (χ1) is 26.5. The maximum absolute atomic E-state index is 6.48. The van der Waals surface area contributed by atoms with Crippen LogP contribution in [0.1, 0.15) is 25.0 Å². The molecule has 0 saturated carbocycles. The molecule has 3 nitrogen and oxygen atoms in total. The van der Waals surface area contributed by atoms with Gasteiger partial charge in [0.1, 0.15) is 11.2 Å². The van der Waals surface area contributed by atoms with Crippen molar-refractivity contribution >= 4 is 43.5 Å². The van der Waals surface area contributed by atoms with E-state index in [-0.39, 0.29) is 5.41 Å². The second-order valence-electron chi connectivity index (χ2n) is 14.9. The molecule has 1 aliphatic carbocycles.